The zero-order valence-corrected chi connectivity index (χ0v) is 21.2. The van der Waals surface area contributed by atoms with E-state index >= 15 is 0 Å². The topological polar surface area (TPSA) is 60.9 Å². The number of hydrogen-bond acceptors (Lipinski definition) is 4. The second-order valence-electron chi connectivity index (χ2n) is 7.80. The molecule has 1 aliphatic rings. The van der Waals surface area contributed by atoms with Crippen molar-refractivity contribution in [2.45, 2.75) is 4.90 Å². The first kappa shape index (κ1) is 24.7. The van der Waals surface area contributed by atoms with Crippen LogP contribution in [0.1, 0.15) is 0 Å². The van der Waals surface area contributed by atoms with Gasteiger partial charge < -0.3 is 9.80 Å². The minimum Gasteiger partial charge on any atom is -0.368 e. The third kappa shape index (κ3) is 5.61. The van der Waals surface area contributed by atoms with Crippen LogP contribution in [0, 0.1) is 0 Å². The minimum atomic E-state index is -4.04. The van der Waals surface area contributed by atoms with E-state index in [1.807, 2.05) is 24.3 Å². The highest BCUT2D eigenvalue weighted by Gasteiger charge is 2.30. The fourth-order valence-electron chi connectivity index (χ4n) is 3.83. The van der Waals surface area contributed by atoms with Gasteiger partial charge in [0.15, 0.2) is 0 Å². The Labute approximate surface area is 214 Å². The van der Waals surface area contributed by atoms with E-state index in [1.165, 1.54) is 30.3 Å². The molecule has 178 valence electrons. The molecule has 0 spiro atoms. The predicted molar refractivity (Wildman–Crippen MR) is 138 cm³/mol. The van der Waals surface area contributed by atoms with Gasteiger partial charge in [0.05, 0.1) is 10.6 Å². The van der Waals surface area contributed by atoms with Crippen molar-refractivity contribution in [1.29, 1.82) is 0 Å². The van der Waals surface area contributed by atoms with E-state index in [0.717, 1.165) is 9.99 Å². The maximum atomic E-state index is 13.5. The van der Waals surface area contributed by atoms with Crippen molar-refractivity contribution in [3.63, 3.8) is 0 Å². The van der Waals surface area contributed by atoms with Crippen molar-refractivity contribution in [2.24, 2.45) is 0 Å². The Morgan fingerprint density at radius 1 is 0.794 bits per heavy atom. The van der Waals surface area contributed by atoms with E-state index in [4.69, 9.17) is 34.8 Å². The molecule has 1 saturated heterocycles. The van der Waals surface area contributed by atoms with Gasteiger partial charge in [-0.2, -0.15) is 0 Å². The summed E-state index contributed by atoms with van der Waals surface area (Å²) in [5.41, 5.74) is 1.22. The van der Waals surface area contributed by atoms with Crippen LogP contribution in [0.25, 0.3) is 0 Å². The molecule has 4 rings (SSSR count). The molecule has 0 atom stereocenters. The first-order valence-electron chi connectivity index (χ1n) is 10.6. The van der Waals surface area contributed by atoms with Gasteiger partial charge in [-0.1, -0.05) is 59.1 Å². The number of benzene rings is 3. The number of anilines is 2. The highest BCUT2D eigenvalue weighted by Crippen LogP contribution is 2.30. The van der Waals surface area contributed by atoms with Gasteiger partial charge in [0.1, 0.15) is 6.54 Å². The molecular weight excluding hydrogens is 517 g/mol. The Morgan fingerprint density at radius 3 is 2.06 bits per heavy atom. The monoisotopic (exact) mass is 537 g/mol. The lowest BCUT2D eigenvalue weighted by molar-refractivity contribution is -0.129. The van der Waals surface area contributed by atoms with Gasteiger partial charge in [-0.25, -0.2) is 8.42 Å². The average Bonchev–Trinajstić information content (AvgIpc) is 2.82. The number of rotatable bonds is 6. The maximum absolute atomic E-state index is 13.5. The third-order valence-electron chi connectivity index (χ3n) is 5.55. The van der Waals surface area contributed by atoms with E-state index in [0.29, 0.717) is 31.2 Å². The van der Waals surface area contributed by atoms with Crippen molar-refractivity contribution in [3.05, 3.63) is 87.9 Å². The predicted octanol–water partition coefficient (Wildman–Crippen LogP) is 5.19. The number of hydrogen-bond donors (Lipinski definition) is 0. The highest BCUT2D eigenvalue weighted by molar-refractivity contribution is 7.92. The number of amides is 1. The summed E-state index contributed by atoms with van der Waals surface area (Å²) in [5, 5.41) is 1.20. The lowest BCUT2D eigenvalue weighted by atomic mass is 10.2. The van der Waals surface area contributed by atoms with Gasteiger partial charge in [-0.05, 0) is 48.5 Å². The number of carbonyl (C=O) groups excluding carboxylic acids is 1. The molecule has 1 heterocycles. The minimum absolute atomic E-state index is 0.0738. The lowest BCUT2D eigenvalue weighted by Crippen LogP contribution is -2.52. The van der Waals surface area contributed by atoms with Crippen LogP contribution in [0.5, 0.6) is 0 Å². The molecule has 0 bridgehead atoms. The van der Waals surface area contributed by atoms with Crippen LogP contribution < -0.4 is 9.21 Å². The largest absolute Gasteiger partial charge is 0.368 e. The Hall–Kier alpha value is -2.45. The molecule has 0 aliphatic carbocycles. The van der Waals surface area contributed by atoms with E-state index < -0.39 is 10.0 Å². The molecule has 0 radical (unpaired) electrons. The molecule has 34 heavy (non-hydrogen) atoms. The molecule has 6 nitrogen and oxygen atoms in total. The molecule has 3 aromatic rings. The molecular formula is C24H22Cl3N3O3S. The van der Waals surface area contributed by atoms with E-state index in [1.54, 1.807) is 23.1 Å². The molecule has 3 aromatic carbocycles. The Bertz CT molecular complexity index is 1260. The quantitative estimate of drug-likeness (QED) is 0.433. The van der Waals surface area contributed by atoms with Crippen LogP contribution in [0.2, 0.25) is 15.1 Å². The smallest absolute Gasteiger partial charge is 0.264 e. The molecule has 0 N–H and O–H groups in total. The number of carbonyl (C=O) groups is 1. The van der Waals surface area contributed by atoms with Crippen molar-refractivity contribution in [3.8, 4) is 0 Å². The van der Waals surface area contributed by atoms with Crippen molar-refractivity contribution in [1.82, 2.24) is 4.90 Å². The fourth-order valence-corrected chi connectivity index (χ4v) is 5.95. The molecule has 10 heteroatoms. The average molecular weight is 539 g/mol. The van der Waals surface area contributed by atoms with Crippen LogP contribution >= 0.6 is 34.8 Å². The summed E-state index contributed by atoms with van der Waals surface area (Å²) >= 11 is 18.4. The van der Waals surface area contributed by atoms with Gasteiger partial charge in [0.25, 0.3) is 10.0 Å². The Morgan fingerprint density at radius 2 is 1.44 bits per heavy atom. The molecule has 0 unspecified atom stereocenters. The first-order chi connectivity index (χ1) is 16.2. The first-order valence-corrected chi connectivity index (χ1v) is 13.1. The van der Waals surface area contributed by atoms with Gasteiger partial charge in [-0.15, -0.1) is 0 Å². The van der Waals surface area contributed by atoms with E-state index in [2.05, 4.69) is 4.90 Å². The van der Waals surface area contributed by atoms with Crippen LogP contribution in [0.4, 0.5) is 11.4 Å². The summed E-state index contributed by atoms with van der Waals surface area (Å²) in [5.74, 6) is -0.304. The van der Waals surface area contributed by atoms with Crippen LogP contribution in [0.15, 0.2) is 77.7 Å². The van der Waals surface area contributed by atoms with Crippen LogP contribution in [0.3, 0.4) is 0 Å². The number of piperazine rings is 1. The second kappa shape index (κ2) is 10.4. The van der Waals surface area contributed by atoms with E-state index in [-0.39, 0.29) is 33.1 Å². The SMILES string of the molecule is O=C(CN(c1cc(Cl)cc(Cl)c1)S(=O)(=O)c1ccccc1)N1CCN(c2cccc(Cl)c2)CC1. The zero-order valence-electron chi connectivity index (χ0n) is 18.1. The van der Waals surface area contributed by atoms with Crippen molar-refractivity contribution < 1.29 is 13.2 Å². The summed E-state index contributed by atoms with van der Waals surface area (Å²) in [7, 11) is -4.04. The van der Waals surface area contributed by atoms with Gasteiger partial charge in [0.2, 0.25) is 5.91 Å². The van der Waals surface area contributed by atoms with Crippen molar-refractivity contribution >= 4 is 62.1 Å². The zero-order chi connectivity index (χ0) is 24.3. The lowest BCUT2D eigenvalue weighted by Gasteiger charge is -2.37. The summed E-state index contributed by atoms with van der Waals surface area (Å²) in [6.45, 7) is 1.77. The summed E-state index contributed by atoms with van der Waals surface area (Å²) < 4.78 is 28.0. The number of nitrogens with zero attached hydrogens (tertiary/aromatic N) is 3. The molecule has 0 aromatic heterocycles. The Balaban J connectivity index is 1.55. The van der Waals surface area contributed by atoms with Crippen molar-refractivity contribution in [2.75, 3.05) is 41.9 Å². The van der Waals surface area contributed by atoms with Gasteiger partial charge in [0, 0.05) is 46.9 Å². The normalized spacial score (nSPS) is 14.2. The molecule has 1 aliphatic heterocycles. The highest BCUT2D eigenvalue weighted by atomic mass is 35.5. The molecule has 1 fully saturated rings. The van der Waals surface area contributed by atoms with E-state index in [9.17, 15) is 13.2 Å². The third-order valence-corrected chi connectivity index (χ3v) is 8.01. The Kier molecular flexibility index (Phi) is 7.57. The molecule has 0 saturated carbocycles. The summed E-state index contributed by atoms with van der Waals surface area (Å²) in [4.78, 5) is 17.1. The van der Waals surface area contributed by atoms with Crippen LogP contribution in [-0.2, 0) is 14.8 Å². The fraction of sp³-hybridized carbons (Fsp3) is 0.208. The molecule has 1 amide bonds. The number of halogens is 3. The summed E-state index contributed by atoms with van der Waals surface area (Å²) in [6, 6.07) is 20.0. The maximum Gasteiger partial charge on any atom is 0.264 e. The number of sulfonamides is 1. The standard InChI is InChI=1S/C24H22Cl3N3O3S/c25-18-5-4-6-21(14-18)28-9-11-29(12-10-28)24(31)17-30(22-15-19(26)13-20(27)16-22)34(32,33)23-7-2-1-3-8-23/h1-8,13-16H,9-12,17H2. The van der Waals surface area contributed by atoms with Crippen LogP contribution in [-0.4, -0.2) is 51.9 Å². The van der Waals surface area contributed by atoms with Gasteiger partial charge in [-0.3, -0.25) is 9.10 Å². The second-order valence-corrected chi connectivity index (χ2v) is 11.0. The summed E-state index contributed by atoms with van der Waals surface area (Å²) in [6.07, 6.45) is 0. The van der Waals surface area contributed by atoms with Gasteiger partial charge >= 0.3 is 0 Å².